The van der Waals surface area contributed by atoms with Gasteiger partial charge in [-0.25, -0.2) is 8.78 Å². The second-order valence-electron chi connectivity index (χ2n) is 8.64. The minimum Gasteiger partial charge on any atom is -0.494 e. The summed E-state index contributed by atoms with van der Waals surface area (Å²) in [6.07, 6.45) is 9.68. The van der Waals surface area contributed by atoms with Gasteiger partial charge in [-0.2, -0.15) is 0 Å². The molecule has 3 heterocycles. The summed E-state index contributed by atoms with van der Waals surface area (Å²) < 4.78 is 32.9. The van der Waals surface area contributed by atoms with Gasteiger partial charge in [0.05, 0.1) is 17.9 Å². The lowest BCUT2D eigenvalue weighted by Gasteiger charge is -2.41. The van der Waals surface area contributed by atoms with Crippen LogP contribution in [0.5, 0.6) is 0 Å². The number of amides is 1. The van der Waals surface area contributed by atoms with Crippen LogP contribution in [0.1, 0.15) is 51.5 Å². The first-order valence-electron chi connectivity index (χ1n) is 11.0. The lowest BCUT2D eigenvalue weighted by molar-refractivity contribution is -0.116. The molecule has 3 aliphatic rings. The van der Waals surface area contributed by atoms with E-state index in [9.17, 15) is 13.6 Å². The molecule has 0 aromatic carbocycles. The molecule has 0 bridgehead atoms. The summed E-state index contributed by atoms with van der Waals surface area (Å²) in [4.78, 5) is 22.1. The second-order valence-corrected chi connectivity index (χ2v) is 8.64. The molecule has 1 atom stereocenters. The summed E-state index contributed by atoms with van der Waals surface area (Å²) in [6, 6.07) is 3.66. The van der Waals surface area contributed by atoms with Crippen LogP contribution >= 0.6 is 0 Å². The van der Waals surface area contributed by atoms with Crippen molar-refractivity contribution in [3.63, 3.8) is 0 Å². The molecule has 1 aliphatic carbocycles. The van der Waals surface area contributed by atoms with Crippen LogP contribution in [-0.2, 0) is 9.53 Å². The van der Waals surface area contributed by atoms with Crippen molar-refractivity contribution >= 4 is 17.8 Å². The zero-order chi connectivity index (χ0) is 22.8. The number of nitrogens with zero attached hydrogens (tertiary/aromatic N) is 2. The van der Waals surface area contributed by atoms with Gasteiger partial charge in [0.25, 0.3) is 11.8 Å². The molecule has 0 radical (unpaired) electrons. The maximum atomic E-state index is 13.5. The Hall–Kier alpha value is -3.03. The zero-order valence-corrected chi connectivity index (χ0v) is 18.3. The van der Waals surface area contributed by atoms with Gasteiger partial charge in [-0.3, -0.25) is 14.8 Å². The quantitative estimate of drug-likeness (QED) is 0.712. The van der Waals surface area contributed by atoms with E-state index in [1.54, 1.807) is 24.7 Å². The molecule has 32 heavy (non-hydrogen) atoms. The van der Waals surface area contributed by atoms with Gasteiger partial charge >= 0.3 is 0 Å². The third kappa shape index (κ3) is 4.45. The third-order valence-electron chi connectivity index (χ3n) is 6.01. The van der Waals surface area contributed by atoms with Gasteiger partial charge in [-0.15, -0.1) is 0 Å². The molecule has 0 spiro atoms. The molecule has 0 fully saturated rings. The molecule has 170 valence electrons. The van der Waals surface area contributed by atoms with E-state index < -0.39 is 17.5 Å². The van der Waals surface area contributed by atoms with Gasteiger partial charge in [0.15, 0.2) is 5.66 Å². The Morgan fingerprint density at radius 2 is 2.16 bits per heavy atom. The van der Waals surface area contributed by atoms with Gasteiger partial charge in [0.1, 0.15) is 5.76 Å². The van der Waals surface area contributed by atoms with Crippen LogP contribution in [0.15, 0.2) is 58.7 Å². The Morgan fingerprint density at radius 1 is 1.31 bits per heavy atom. The summed E-state index contributed by atoms with van der Waals surface area (Å²) in [7, 11) is 0. The van der Waals surface area contributed by atoms with Crippen LogP contribution < -0.4 is 10.6 Å². The normalized spacial score (nSPS) is 24.9. The maximum absolute atomic E-state index is 13.5. The van der Waals surface area contributed by atoms with Crippen LogP contribution in [0.25, 0.3) is 5.70 Å². The van der Waals surface area contributed by atoms with E-state index in [0.29, 0.717) is 23.6 Å². The van der Waals surface area contributed by atoms with E-state index in [-0.39, 0.29) is 25.2 Å². The molecule has 8 heteroatoms. The van der Waals surface area contributed by atoms with Crippen LogP contribution in [0.3, 0.4) is 0 Å². The molecule has 1 unspecified atom stereocenters. The summed E-state index contributed by atoms with van der Waals surface area (Å²) in [5.41, 5.74) is 1.29. The Kier molecular flexibility index (Phi) is 6.13. The van der Waals surface area contributed by atoms with Gasteiger partial charge in [-0.1, -0.05) is 19.9 Å². The molecule has 0 saturated carbocycles. The van der Waals surface area contributed by atoms with Gasteiger partial charge in [-0.05, 0) is 37.5 Å². The maximum Gasteiger partial charge on any atom is 0.259 e. The van der Waals surface area contributed by atoms with Crippen LogP contribution in [0, 0.1) is 5.92 Å². The number of carbonyl (C=O) groups is 1. The summed E-state index contributed by atoms with van der Waals surface area (Å²) >= 11 is 0. The number of aromatic nitrogens is 1. The van der Waals surface area contributed by atoms with E-state index >= 15 is 0 Å². The summed E-state index contributed by atoms with van der Waals surface area (Å²) in [5, 5.41) is 6.28. The number of alkyl halides is 2. The van der Waals surface area contributed by atoms with Crippen molar-refractivity contribution in [2.24, 2.45) is 10.9 Å². The Morgan fingerprint density at radius 3 is 2.78 bits per heavy atom. The largest absolute Gasteiger partial charge is 0.494 e. The first-order valence-corrected chi connectivity index (χ1v) is 11.0. The minimum absolute atomic E-state index is 0.0302. The summed E-state index contributed by atoms with van der Waals surface area (Å²) in [5.74, 6) is -2.34. The van der Waals surface area contributed by atoms with E-state index in [2.05, 4.69) is 15.6 Å². The van der Waals surface area contributed by atoms with Crippen molar-refractivity contribution in [3.05, 3.63) is 59.3 Å². The fraction of sp³-hybridized carbons (Fsp3) is 0.458. The standard InChI is InChI=1S/C24H28F2N4O2/c1-16(2)24(20-7-3-4-13-32-20)28-15-19(21(30-24)17-6-5-12-27-14-17)22(31)29-18-8-10-23(25,26)11-9-18/h5-8,12,14-16,30H,3-4,9-11,13H2,1-2H3,(H,29,31). The highest BCUT2D eigenvalue weighted by atomic mass is 19.3. The van der Waals surface area contributed by atoms with Crippen molar-refractivity contribution in [1.29, 1.82) is 0 Å². The highest BCUT2D eigenvalue weighted by molar-refractivity contribution is 6.19. The fourth-order valence-corrected chi connectivity index (χ4v) is 4.08. The van der Waals surface area contributed by atoms with Crippen molar-refractivity contribution in [2.45, 2.75) is 57.5 Å². The van der Waals surface area contributed by atoms with Crippen molar-refractivity contribution in [2.75, 3.05) is 6.61 Å². The molecule has 1 aromatic heterocycles. The summed E-state index contributed by atoms with van der Waals surface area (Å²) in [6.45, 7) is 4.71. The van der Waals surface area contributed by atoms with Gasteiger partial charge in [0.2, 0.25) is 0 Å². The zero-order valence-electron chi connectivity index (χ0n) is 18.3. The predicted octanol–water partition coefficient (Wildman–Crippen LogP) is 4.33. The topological polar surface area (TPSA) is 75.6 Å². The molecule has 1 aromatic rings. The Bertz CT molecular complexity index is 999. The number of aliphatic imine (C=N–C) groups is 1. The van der Waals surface area contributed by atoms with Crippen molar-refractivity contribution in [3.8, 4) is 0 Å². The van der Waals surface area contributed by atoms with Crippen molar-refractivity contribution < 1.29 is 18.3 Å². The molecule has 2 aliphatic heterocycles. The predicted molar refractivity (Wildman–Crippen MR) is 119 cm³/mol. The van der Waals surface area contributed by atoms with Gasteiger partial charge in [0, 0.05) is 48.6 Å². The van der Waals surface area contributed by atoms with Crippen LogP contribution in [0.2, 0.25) is 0 Å². The average molecular weight is 443 g/mol. The minimum atomic E-state index is -2.72. The number of carbonyl (C=O) groups excluding carboxylic acids is 1. The third-order valence-corrected chi connectivity index (χ3v) is 6.01. The van der Waals surface area contributed by atoms with E-state index in [1.807, 2.05) is 26.0 Å². The highest BCUT2D eigenvalue weighted by Gasteiger charge is 2.43. The van der Waals surface area contributed by atoms with Crippen LogP contribution in [-0.4, -0.2) is 35.3 Å². The first kappa shape index (κ1) is 22.2. The molecule has 6 nitrogen and oxygen atoms in total. The average Bonchev–Trinajstić information content (AvgIpc) is 2.81. The van der Waals surface area contributed by atoms with Crippen molar-refractivity contribution in [1.82, 2.24) is 15.6 Å². The molecular formula is C24H28F2N4O2. The number of halogens is 2. The molecule has 1 amide bonds. The number of nitrogens with one attached hydrogen (secondary N) is 2. The number of hydrogen-bond acceptors (Lipinski definition) is 5. The highest BCUT2D eigenvalue weighted by Crippen LogP contribution is 2.37. The number of pyridine rings is 1. The monoisotopic (exact) mass is 442 g/mol. The number of hydrogen-bond donors (Lipinski definition) is 2. The van der Waals surface area contributed by atoms with E-state index in [4.69, 9.17) is 9.73 Å². The molecular weight excluding hydrogens is 414 g/mol. The lowest BCUT2D eigenvalue weighted by atomic mass is 9.89. The molecule has 0 saturated heterocycles. The Labute approximate surface area is 186 Å². The van der Waals surface area contributed by atoms with Gasteiger partial charge < -0.3 is 15.4 Å². The number of rotatable bonds is 5. The van der Waals surface area contributed by atoms with E-state index in [0.717, 1.165) is 24.2 Å². The first-order chi connectivity index (χ1) is 15.3. The number of ether oxygens (including phenoxy) is 1. The number of allylic oxidation sites excluding steroid dienone is 3. The molecule has 4 rings (SSSR count). The van der Waals surface area contributed by atoms with Crippen LogP contribution in [0.4, 0.5) is 8.78 Å². The molecule has 2 N–H and O–H groups in total. The SMILES string of the molecule is CC(C)C1(C2=CCCCO2)N=CC(C(=O)NC2=CCC(F)(F)CC2)=C(c2cccnc2)N1. The fourth-order valence-electron chi connectivity index (χ4n) is 4.08. The smallest absolute Gasteiger partial charge is 0.259 e. The Balaban J connectivity index is 1.69. The van der Waals surface area contributed by atoms with E-state index in [1.165, 1.54) is 6.08 Å². The second kappa shape index (κ2) is 8.84. The lowest BCUT2D eigenvalue weighted by Crippen LogP contribution is -2.52.